The van der Waals surface area contributed by atoms with Crippen molar-refractivity contribution < 1.29 is 4.79 Å². The van der Waals surface area contributed by atoms with Crippen LogP contribution in [0.3, 0.4) is 0 Å². The van der Waals surface area contributed by atoms with Crippen molar-refractivity contribution in [2.24, 2.45) is 17.0 Å². The summed E-state index contributed by atoms with van der Waals surface area (Å²) in [7, 11) is 0. The average molecular weight is 382 g/mol. The molecule has 1 aliphatic heterocycles. The standard InChI is InChI=1S/C19H32ClN5O/c1-19(2,3)18(26)24-10-7-16(8-11-24)25(22)12-9-17(21)23-15-6-4-5-14(20)13-15/h4-6,9,12,14,16-17,23H,7-8,10-11,13,21-22H2,1-3H3/b12-9+. The van der Waals surface area contributed by atoms with E-state index in [0.717, 1.165) is 38.0 Å². The molecule has 0 aromatic carbocycles. The van der Waals surface area contributed by atoms with Crippen molar-refractivity contribution in [3.05, 3.63) is 36.2 Å². The lowest BCUT2D eigenvalue weighted by atomic mass is 9.93. The van der Waals surface area contributed by atoms with Crippen LogP contribution < -0.4 is 16.9 Å². The number of amides is 1. The summed E-state index contributed by atoms with van der Waals surface area (Å²) in [4.78, 5) is 14.3. The highest BCUT2D eigenvalue weighted by Gasteiger charge is 2.31. The van der Waals surface area contributed by atoms with Gasteiger partial charge in [-0.25, -0.2) is 5.84 Å². The first-order valence-corrected chi connectivity index (χ1v) is 9.65. The van der Waals surface area contributed by atoms with Crippen molar-refractivity contribution in [3.8, 4) is 0 Å². The van der Waals surface area contributed by atoms with Gasteiger partial charge in [-0.1, -0.05) is 32.9 Å². The molecule has 1 heterocycles. The number of carbonyl (C=O) groups excluding carboxylic acids is 1. The summed E-state index contributed by atoms with van der Waals surface area (Å²) < 4.78 is 0. The van der Waals surface area contributed by atoms with Gasteiger partial charge in [-0.3, -0.25) is 4.79 Å². The molecule has 0 saturated carbocycles. The summed E-state index contributed by atoms with van der Waals surface area (Å²) >= 11 is 6.10. The van der Waals surface area contributed by atoms with Gasteiger partial charge in [0.2, 0.25) is 5.91 Å². The lowest BCUT2D eigenvalue weighted by Gasteiger charge is -2.38. The highest BCUT2D eigenvalue weighted by molar-refractivity contribution is 6.22. The van der Waals surface area contributed by atoms with Crippen molar-refractivity contribution in [2.75, 3.05) is 13.1 Å². The summed E-state index contributed by atoms with van der Waals surface area (Å²) in [6.07, 6.45) is 11.7. The molecule has 0 aromatic heterocycles. The van der Waals surface area contributed by atoms with Crippen LogP contribution in [-0.2, 0) is 4.79 Å². The number of likely N-dealkylation sites (tertiary alicyclic amines) is 1. The van der Waals surface area contributed by atoms with Gasteiger partial charge >= 0.3 is 0 Å². The first kappa shape index (κ1) is 20.8. The van der Waals surface area contributed by atoms with Crippen LogP contribution >= 0.6 is 11.6 Å². The van der Waals surface area contributed by atoms with Gasteiger partial charge in [0.05, 0.1) is 11.5 Å². The van der Waals surface area contributed by atoms with Gasteiger partial charge in [0.1, 0.15) is 0 Å². The van der Waals surface area contributed by atoms with E-state index in [-0.39, 0.29) is 28.9 Å². The van der Waals surface area contributed by atoms with Crippen LogP contribution in [-0.4, -0.2) is 46.5 Å². The summed E-state index contributed by atoms with van der Waals surface area (Å²) in [6, 6.07) is 0.214. The van der Waals surface area contributed by atoms with Crippen LogP contribution in [0.2, 0.25) is 0 Å². The molecule has 0 aromatic rings. The van der Waals surface area contributed by atoms with E-state index in [9.17, 15) is 4.79 Å². The van der Waals surface area contributed by atoms with Crippen LogP contribution in [0, 0.1) is 5.41 Å². The molecular weight excluding hydrogens is 350 g/mol. The van der Waals surface area contributed by atoms with E-state index in [1.807, 2.05) is 56.2 Å². The van der Waals surface area contributed by atoms with Crippen LogP contribution in [0.1, 0.15) is 40.0 Å². The number of piperidine rings is 1. The molecule has 2 rings (SSSR count). The Morgan fingerprint density at radius 1 is 1.42 bits per heavy atom. The molecule has 7 heteroatoms. The van der Waals surface area contributed by atoms with Crippen LogP contribution in [0.25, 0.3) is 0 Å². The SMILES string of the molecule is CC(C)(C)C(=O)N1CCC(N(N)/C=C/C(N)NC2=CC=CC(Cl)C2)CC1. The second-order valence-corrected chi connectivity index (χ2v) is 8.59. The third-order valence-electron chi connectivity index (χ3n) is 4.66. The normalized spacial score (nSPS) is 23.1. The number of alkyl halides is 1. The van der Waals surface area contributed by atoms with Gasteiger partial charge in [0, 0.05) is 42.9 Å². The minimum Gasteiger partial charge on any atom is -0.370 e. The Kier molecular flexibility index (Phi) is 7.15. The van der Waals surface area contributed by atoms with E-state index < -0.39 is 0 Å². The molecule has 1 fully saturated rings. The van der Waals surface area contributed by atoms with Gasteiger partial charge in [-0.15, -0.1) is 11.6 Å². The smallest absolute Gasteiger partial charge is 0.227 e. The fourth-order valence-corrected chi connectivity index (χ4v) is 3.41. The van der Waals surface area contributed by atoms with E-state index in [2.05, 4.69) is 5.32 Å². The molecule has 26 heavy (non-hydrogen) atoms. The van der Waals surface area contributed by atoms with Crippen molar-refractivity contribution in [1.82, 2.24) is 15.2 Å². The van der Waals surface area contributed by atoms with E-state index >= 15 is 0 Å². The van der Waals surface area contributed by atoms with Gasteiger partial charge in [0.15, 0.2) is 0 Å². The Balaban J connectivity index is 1.78. The number of halogens is 1. The highest BCUT2D eigenvalue weighted by atomic mass is 35.5. The summed E-state index contributed by atoms with van der Waals surface area (Å²) in [5.74, 6) is 6.37. The lowest BCUT2D eigenvalue weighted by Crippen LogP contribution is -2.50. The maximum Gasteiger partial charge on any atom is 0.227 e. The molecule has 6 nitrogen and oxygen atoms in total. The number of hydrogen-bond donors (Lipinski definition) is 3. The molecule has 2 aliphatic rings. The third kappa shape index (κ3) is 6.04. The molecule has 0 spiro atoms. The van der Waals surface area contributed by atoms with E-state index in [1.54, 1.807) is 5.01 Å². The summed E-state index contributed by atoms with van der Waals surface area (Å²) in [5, 5.41) is 4.94. The Morgan fingerprint density at radius 2 is 2.08 bits per heavy atom. The van der Waals surface area contributed by atoms with Gasteiger partial charge in [-0.05, 0) is 25.0 Å². The van der Waals surface area contributed by atoms with E-state index in [0.29, 0.717) is 0 Å². The molecular formula is C19H32ClN5O. The molecule has 2 atom stereocenters. The maximum absolute atomic E-state index is 12.3. The van der Waals surface area contributed by atoms with Gasteiger partial charge < -0.3 is 21.0 Å². The summed E-state index contributed by atoms with van der Waals surface area (Å²) in [6.45, 7) is 7.35. The number of nitrogens with two attached hydrogens (primary N) is 2. The number of carbonyl (C=O) groups is 1. The Labute approximate surface area is 161 Å². The van der Waals surface area contributed by atoms with E-state index in [4.69, 9.17) is 23.2 Å². The zero-order chi connectivity index (χ0) is 19.3. The molecule has 0 bridgehead atoms. The minimum absolute atomic E-state index is 0.00526. The average Bonchev–Trinajstić information content (AvgIpc) is 2.58. The molecule has 146 valence electrons. The van der Waals surface area contributed by atoms with Crippen molar-refractivity contribution in [2.45, 2.75) is 57.6 Å². The van der Waals surface area contributed by atoms with Crippen LogP contribution in [0.15, 0.2) is 36.2 Å². The maximum atomic E-state index is 12.3. The minimum atomic E-state index is -0.335. The monoisotopic (exact) mass is 381 g/mol. The van der Waals surface area contributed by atoms with E-state index in [1.165, 1.54) is 0 Å². The third-order valence-corrected chi connectivity index (χ3v) is 4.96. The number of hydrazine groups is 1. The lowest BCUT2D eigenvalue weighted by molar-refractivity contribution is -0.141. The molecule has 5 N–H and O–H groups in total. The molecule has 1 saturated heterocycles. The summed E-state index contributed by atoms with van der Waals surface area (Å²) in [5.41, 5.74) is 6.78. The zero-order valence-corrected chi connectivity index (χ0v) is 16.7. The highest BCUT2D eigenvalue weighted by Crippen LogP contribution is 2.22. The number of hydrogen-bond acceptors (Lipinski definition) is 5. The Bertz CT molecular complexity index is 573. The largest absolute Gasteiger partial charge is 0.370 e. The van der Waals surface area contributed by atoms with Crippen LogP contribution in [0.5, 0.6) is 0 Å². The Morgan fingerprint density at radius 3 is 2.65 bits per heavy atom. The second-order valence-electron chi connectivity index (χ2n) is 8.03. The predicted molar refractivity (Wildman–Crippen MR) is 107 cm³/mol. The fraction of sp³-hybridized carbons (Fsp3) is 0.632. The molecule has 1 amide bonds. The number of rotatable bonds is 5. The van der Waals surface area contributed by atoms with Gasteiger partial charge in [-0.2, -0.15) is 0 Å². The number of nitrogens with zero attached hydrogens (tertiary/aromatic N) is 2. The molecule has 2 unspecified atom stereocenters. The fourth-order valence-electron chi connectivity index (χ4n) is 3.16. The first-order valence-electron chi connectivity index (χ1n) is 9.21. The van der Waals surface area contributed by atoms with Crippen LogP contribution in [0.4, 0.5) is 0 Å². The van der Waals surface area contributed by atoms with Crippen molar-refractivity contribution in [1.29, 1.82) is 0 Å². The quantitative estimate of drug-likeness (QED) is 0.293. The number of allylic oxidation sites excluding steroid dienone is 4. The topological polar surface area (TPSA) is 87.6 Å². The van der Waals surface area contributed by atoms with Crippen molar-refractivity contribution in [3.63, 3.8) is 0 Å². The first-order chi connectivity index (χ1) is 12.2. The molecule has 1 aliphatic carbocycles. The molecule has 0 radical (unpaired) electrons. The zero-order valence-electron chi connectivity index (χ0n) is 16.0. The van der Waals surface area contributed by atoms with Crippen molar-refractivity contribution >= 4 is 17.5 Å². The second kappa shape index (κ2) is 8.93. The predicted octanol–water partition coefficient (Wildman–Crippen LogP) is 2.04. The number of nitrogens with one attached hydrogen (secondary N) is 1. The van der Waals surface area contributed by atoms with Gasteiger partial charge in [0.25, 0.3) is 0 Å². The Hall–Kier alpha value is -1.50.